The zero-order valence-corrected chi connectivity index (χ0v) is 23.4. The number of carboxylic acids is 4. The molecule has 0 fully saturated rings. The van der Waals surface area contributed by atoms with Crippen molar-refractivity contribution in [2.75, 3.05) is 23.0 Å². The van der Waals surface area contributed by atoms with E-state index in [1.54, 1.807) is 0 Å². The van der Waals surface area contributed by atoms with Crippen LogP contribution < -0.4 is 22.9 Å². The van der Waals surface area contributed by atoms with E-state index in [-0.39, 0.29) is 84.1 Å². The molecular formula is C12H26Fe2N4O8S6. The molecule has 194 valence electrons. The SMILES string of the molecule is N[C@@H](C[S-])C(=O)O.N[C@@H](C[S-])C(=O)O.N[C@@H](C[S-])C(=O)O.N[C@@H](C[S-])C(=O)O.[Fe+2].[Fe+4].[SH-].[SH-]. The van der Waals surface area contributed by atoms with Gasteiger partial charge in [-0.15, -0.1) is 0 Å². The van der Waals surface area contributed by atoms with E-state index in [0.29, 0.717) is 0 Å². The second-order valence-electron chi connectivity index (χ2n) is 4.45. The number of nitrogens with two attached hydrogens (primary N) is 4. The fourth-order valence-electron chi connectivity index (χ4n) is 0.285. The van der Waals surface area contributed by atoms with Gasteiger partial charge < -0.3 is 121 Å². The molecule has 0 unspecified atom stereocenters. The maximum atomic E-state index is 9.74. The van der Waals surface area contributed by atoms with Gasteiger partial charge in [-0.1, -0.05) is 0 Å². The van der Waals surface area contributed by atoms with E-state index >= 15 is 0 Å². The average Bonchev–Trinajstić information content (AvgIpc) is 2.66. The van der Waals surface area contributed by atoms with E-state index in [1.807, 2.05) is 0 Å². The molecule has 12 N–H and O–H groups in total. The minimum atomic E-state index is -1.03. The Hall–Kier alpha value is 0.859. The molecule has 0 aliphatic rings. The number of hydrogen-bond donors (Lipinski definition) is 8. The largest absolute Gasteiger partial charge is 4.00 e. The van der Waals surface area contributed by atoms with Gasteiger partial charge in [0, 0.05) is 0 Å². The summed E-state index contributed by atoms with van der Waals surface area (Å²) in [5.41, 5.74) is 19.6. The van der Waals surface area contributed by atoms with Gasteiger partial charge in [0.15, 0.2) is 0 Å². The predicted octanol–water partition coefficient (Wildman–Crippen LogP) is -4.76. The van der Waals surface area contributed by atoms with Crippen molar-refractivity contribution >= 4 is 101 Å². The van der Waals surface area contributed by atoms with Crippen LogP contribution in [0.2, 0.25) is 0 Å². The first-order valence-electron chi connectivity index (χ1n) is 6.99. The first-order chi connectivity index (χ1) is 12.7. The van der Waals surface area contributed by atoms with E-state index in [2.05, 4.69) is 50.5 Å². The van der Waals surface area contributed by atoms with Crippen molar-refractivity contribution in [3.63, 3.8) is 0 Å². The average molecular weight is 658 g/mol. The summed E-state index contributed by atoms with van der Waals surface area (Å²) in [6, 6.07) is -3.46. The fraction of sp³-hybridized carbons (Fsp3) is 0.667. The summed E-state index contributed by atoms with van der Waals surface area (Å²) in [7, 11) is 0. The van der Waals surface area contributed by atoms with Gasteiger partial charge in [0.2, 0.25) is 0 Å². The molecule has 4 atom stereocenters. The summed E-state index contributed by atoms with van der Waals surface area (Å²) in [5, 5.41) is 32.0. The normalized spacial score (nSPS) is 11.8. The third-order valence-corrected chi connectivity index (χ3v) is 3.42. The number of carbonyl (C=O) groups is 4. The molecule has 0 aromatic rings. The number of hydrogen-bond acceptors (Lipinski definition) is 14. The van der Waals surface area contributed by atoms with Crippen LogP contribution in [-0.4, -0.2) is 91.5 Å². The minimum absolute atomic E-state index is 0. The van der Waals surface area contributed by atoms with Crippen LogP contribution in [0.15, 0.2) is 0 Å². The van der Waals surface area contributed by atoms with Crippen LogP contribution in [0.4, 0.5) is 0 Å². The molecule has 0 heterocycles. The number of thiol groups is 2. The summed E-state index contributed by atoms with van der Waals surface area (Å²) in [4.78, 5) is 39.0. The number of aliphatic carboxylic acids is 4. The van der Waals surface area contributed by atoms with Crippen molar-refractivity contribution in [3.8, 4) is 0 Å². The van der Waals surface area contributed by atoms with Crippen LogP contribution >= 0.6 is 0 Å². The van der Waals surface area contributed by atoms with Crippen molar-refractivity contribution in [1.29, 1.82) is 0 Å². The quantitative estimate of drug-likeness (QED) is 0.0692. The second kappa shape index (κ2) is 36.4. The number of carboxylic acid groups (broad SMARTS) is 4. The third kappa shape index (κ3) is 44.5. The fourth-order valence-corrected chi connectivity index (χ4v) is 0.855. The first-order valence-corrected chi connectivity index (χ1v) is 9.30. The standard InChI is InChI=1S/4C3H7NO2S.2Fe.2H2S/c4*4-2(1-7)3(5)6;;;;/h4*2,7H,1,4H2,(H,5,6);;;2*1H2/q;;;;+2;+4;;/p-6/t4*2-;;;;/m0000..../s1. The Morgan fingerprint density at radius 3 is 0.625 bits per heavy atom. The van der Waals surface area contributed by atoms with Gasteiger partial charge in [-0.05, 0) is 0 Å². The Morgan fingerprint density at radius 2 is 0.625 bits per heavy atom. The van der Waals surface area contributed by atoms with Gasteiger partial charge in [-0.3, -0.25) is 19.2 Å². The van der Waals surface area contributed by atoms with Gasteiger partial charge in [0.1, 0.15) is 0 Å². The van der Waals surface area contributed by atoms with E-state index in [0.717, 1.165) is 0 Å². The Morgan fingerprint density at radius 1 is 0.531 bits per heavy atom. The number of rotatable bonds is 8. The molecule has 0 aromatic heterocycles. The van der Waals surface area contributed by atoms with Crippen molar-refractivity contribution in [1.82, 2.24) is 0 Å². The van der Waals surface area contributed by atoms with Crippen molar-refractivity contribution in [2.45, 2.75) is 24.2 Å². The van der Waals surface area contributed by atoms with Crippen molar-refractivity contribution < 1.29 is 73.7 Å². The van der Waals surface area contributed by atoms with Crippen LogP contribution in [0.1, 0.15) is 0 Å². The van der Waals surface area contributed by atoms with Crippen LogP contribution in [0.25, 0.3) is 0 Å². The Labute approximate surface area is 243 Å². The molecule has 0 bridgehead atoms. The molecule has 12 nitrogen and oxygen atoms in total. The molecule has 0 rings (SSSR count). The molecule has 0 amide bonds. The molecule has 0 aliphatic heterocycles. The van der Waals surface area contributed by atoms with Gasteiger partial charge in [0.05, 0.1) is 24.2 Å². The Balaban J connectivity index is -0.0000000384. The molecule has 0 radical (unpaired) electrons. The van der Waals surface area contributed by atoms with E-state index < -0.39 is 48.0 Å². The molecule has 0 spiro atoms. The van der Waals surface area contributed by atoms with Crippen LogP contribution in [0.3, 0.4) is 0 Å². The minimum Gasteiger partial charge on any atom is -0.813 e. The Bertz CT molecular complexity index is 397. The molecule has 32 heavy (non-hydrogen) atoms. The second-order valence-corrected chi connectivity index (χ2v) is 5.78. The summed E-state index contributed by atoms with van der Waals surface area (Å²) in [5.74, 6) is -3.81. The Kier molecular flexibility index (Phi) is 61.4. The van der Waals surface area contributed by atoms with Crippen molar-refractivity contribution in [2.24, 2.45) is 22.9 Å². The zero-order valence-electron chi connectivity index (χ0n) is 16.1. The first kappa shape index (κ1) is 54.0. The van der Waals surface area contributed by atoms with Crippen LogP contribution in [-0.2, 0) is 131 Å². The topological polar surface area (TPSA) is 253 Å². The zero-order chi connectivity index (χ0) is 23.4. The maximum absolute atomic E-state index is 9.74. The molecule has 0 aromatic carbocycles. The van der Waals surface area contributed by atoms with Gasteiger partial charge in [-0.2, -0.15) is 23.0 Å². The van der Waals surface area contributed by atoms with E-state index in [4.69, 9.17) is 43.4 Å². The van der Waals surface area contributed by atoms with Gasteiger partial charge in [0.25, 0.3) is 0 Å². The smallest absolute Gasteiger partial charge is 0.813 e. The molecule has 20 heteroatoms. The summed E-state index contributed by atoms with van der Waals surface area (Å²) < 4.78 is 0. The molecule has 0 saturated carbocycles. The summed E-state index contributed by atoms with van der Waals surface area (Å²) in [6.07, 6.45) is 0. The van der Waals surface area contributed by atoms with Gasteiger partial charge in [-0.25, -0.2) is 0 Å². The van der Waals surface area contributed by atoms with Gasteiger partial charge >= 0.3 is 58.0 Å². The predicted molar refractivity (Wildman–Crippen MR) is 129 cm³/mol. The monoisotopic (exact) mass is 658 g/mol. The van der Waals surface area contributed by atoms with Crippen LogP contribution in [0.5, 0.6) is 0 Å². The van der Waals surface area contributed by atoms with E-state index in [9.17, 15) is 19.2 Å². The van der Waals surface area contributed by atoms with E-state index in [1.165, 1.54) is 0 Å². The molecule has 0 saturated heterocycles. The maximum Gasteiger partial charge on any atom is 4.00 e. The van der Waals surface area contributed by atoms with Crippen LogP contribution in [0, 0.1) is 0 Å². The van der Waals surface area contributed by atoms with Crippen molar-refractivity contribution in [3.05, 3.63) is 0 Å². The molecule has 0 aliphatic carbocycles. The molecular weight excluding hydrogens is 632 g/mol. The summed E-state index contributed by atoms with van der Waals surface area (Å²) >= 11 is 17.4. The third-order valence-electron chi connectivity index (χ3n) is 1.99. The summed E-state index contributed by atoms with van der Waals surface area (Å²) in [6.45, 7) is 0.